The molecule has 5 nitrogen and oxygen atoms in total. The van der Waals surface area contributed by atoms with E-state index in [9.17, 15) is 4.79 Å². The van der Waals surface area contributed by atoms with Gasteiger partial charge >= 0.3 is 0 Å². The molecule has 0 aliphatic heterocycles. The summed E-state index contributed by atoms with van der Waals surface area (Å²) in [6.45, 7) is 6.83. The van der Waals surface area contributed by atoms with E-state index in [0.29, 0.717) is 11.2 Å². The monoisotopic (exact) mass is 288 g/mol. The van der Waals surface area contributed by atoms with Crippen molar-refractivity contribution < 1.29 is 0 Å². The number of H-pyrrole nitrogens is 1. The highest BCUT2D eigenvalue weighted by molar-refractivity contribution is 7.19. The molecule has 20 heavy (non-hydrogen) atoms. The topological polar surface area (TPSA) is 63.6 Å². The van der Waals surface area contributed by atoms with Gasteiger partial charge in [-0.25, -0.2) is 9.97 Å². The standard InChI is InChI=1S/C14H16N4OS/c1-14(2,3)10-6-9-12(20-10)13(19)18(8-17-9)7-11-15-4-5-16-11/h4-6,8H,7H2,1-3H3,(H,15,16). The van der Waals surface area contributed by atoms with Crippen LogP contribution in [0, 0.1) is 0 Å². The second-order valence-electron chi connectivity index (χ2n) is 5.79. The molecule has 0 radical (unpaired) electrons. The lowest BCUT2D eigenvalue weighted by molar-refractivity contribution is 0.604. The summed E-state index contributed by atoms with van der Waals surface area (Å²) in [5.41, 5.74) is 0.802. The Balaban J connectivity index is 2.09. The second-order valence-corrected chi connectivity index (χ2v) is 6.84. The van der Waals surface area contributed by atoms with Gasteiger partial charge < -0.3 is 4.98 Å². The number of imidazole rings is 1. The zero-order chi connectivity index (χ0) is 14.3. The quantitative estimate of drug-likeness (QED) is 0.788. The van der Waals surface area contributed by atoms with Crippen LogP contribution in [-0.2, 0) is 12.0 Å². The van der Waals surface area contributed by atoms with E-state index >= 15 is 0 Å². The predicted octanol–water partition coefficient (Wildman–Crippen LogP) is 2.53. The van der Waals surface area contributed by atoms with Crippen LogP contribution in [0.15, 0.2) is 29.6 Å². The van der Waals surface area contributed by atoms with Crippen molar-refractivity contribution in [2.75, 3.05) is 0 Å². The molecule has 3 heterocycles. The van der Waals surface area contributed by atoms with Crippen LogP contribution in [0.2, 0.25) is 0 Å². The van der Waals surface area contributed by atoms with Gasteiger partial charge in [0.25, 0.3) is 5.56 Å². The third kappa shape index (κ3) is 2.27. The van der Waals surface area contributed by atoms with Crippen molar-refractivity contribution in [1.29, 1.82) is 0 Å². The first-order valence-electron chi connectivity index (χ1n) is 6.43. The number of thiophene rings is 1. The lowest BCUT2D eigenvalue weighted by atomic mass is 9.95. The molecule has 0 bridgehead atoms. The van der Waals surface area contributed by atoms with Gasteiger partial charge in [0, 0.05) is 17.3 Å². The van der Waals surface area contributed by atoms with Gasteiger partial charge in [0.15, 0.2) is 0 Å². The van der Waals surface area contributed by atoms with Crippen molar-refractivity contribution in [2.24, 2.45) is 0 Å². The molecule has 1 N–H and O–H groups in total. The summed E-state index contributed by atoms with van der Waals surface area (Å²) in [7, 11) is 0. The minimum atomic E-state index is -0.00750. The molecule has 0 aliphatic rings. The predicted molar refractivity (Wildman–Crippen MR) is 80.3 cm³/mol. The maximum absolute atomic E-state index is 12.5. The van der Waals surface area contributed by atoms with E-state index in [2.05, 4.69) is 35.7 Å². The van der Waals surface area contributed by atoms with Crippen molar-refractivity contribution >= 4 is 21.6 Å². The average molecular weight is 288 g/mol. The number of aromatic amines is 1. The number of nitrogens with zero attached hydrogens (tertiary/aromatic N) is 3. The largest absolute Gasteiger partial charge is 0.347 e. The fraction of sp³-hybridized carbons (Fsp3) is 0.357. The normalized spacial score (nSPS) is 12.2. The van der Waals surface area contributed by atoms with Crippen LogP contribution in [0.1, 0.15) is 31.5 Å². The lowest BCUT2D eigenvalue weighted by Crippen LogP contribution is -2.20. The maximum atomic E-state index is 12.5. The Hall–Kier alpha value is -1.95. The Labute approximate surface area is 120 Å². The zero-order valence-electron chi connectivity index (χ0n) is 11.7. The van der Waals surface area contributed by atoms with Gasteiger partial charge in [-0.2, -0.15) is 0 Å². The summed E-state index contributed by atoms with van der Waals surface area (Å²) in [5.74, 6) is 0.751. The minimum absolute atomic E-state index is 0.00750. The molecule has 0 spiro atoms. The minimum Gasteiger partial charge on any atom is -0.347 e. The molecule has 0 unspecified atom stereocenters. The van der Waals surface area contributed by atoms with E-state index in [1.807, 2.05) is 6.07 Å². The lowest BCUT2D eigenvalue weighted by Gasteiger charge is -2.14. The molecule has 6 heteroatoms. The number of rotatable bonds is 2. The molecule has 3 rings (SSSR count). The van der Waals surface area contributed by atoms with Crippen LogP contribution < -0.4 is 5.56 Å². The van der Waals surface area contributed by atoms with Gasteiger partial charge in [-0.05, 0) is 11.5 Å². The number of hydrogen-bond acceptors (Lipinski definition) is 4. The Morgan fingerprint density at radius 2 is 2.15 bits per heavy atom. The van der Waals surface area contributed by atoms with Gasteiger partial charge in [-0.1, -0.05) is 20.8 Å². The van der Waals surface area contributed by atoms with Crippen LogP contribution >= 0.6 is 11.3 Å². The summed E-state index contributed by atoms with van der Waals surface area (Å²) in [4.78, 5) is 25.2. The SMILES string of the molecule is CC(C)(C)c1cc2ncn(Cc3ncc[nH]3)c(=O)c2s1. The number of nitrogens with one attached hydrogen (secondary N) is 1. The van der Waals surface area contributed by atoms with Crippen LogP contribution in [0.25, 0.3) is 10.2 Å². The third-order valence-corrected chi connectivity index (χ3v) is 4.66. The fourth-order valence-electron chi connectivity index (χ4n) is 1.97. The highest BCUT2D eigenvalue weighted by Crippen LogP contribution is 2.31. The van der Waals surface area contributed by atoms with E-state index in [-0.39, 0.29) is 11.0 Å². The summed E-state index contributed by atoms with van der Waals surface area (Å²) >= 11 is 1.53. The van der Waals surface area contributed by atoms with Gasteiger partial charge in [-0.3, -0.25) is 9.36 Å². The Morgan fingerprint density at radius 1 is 1.35 bits per heavy atom. The molecule has 3 aromatic rings. The molecule has 0 saturated heterocycles. The van der Waals surface area contributed by atoms with E-state index in [4.69, 9.17) is 0 Å². The Kier molecular flexibility index (Phi) is 2.97. The van der Waals surface area contributed by atoms with Crippen molar-refractivity contribution in [2.45, 2.75) is 32.7 Å². The second kappa shape index (κ2) is 4.56. The van der Waals surface area contributed by atoms with E-state index in [0.717, 1.165) is 11.3 Å². The number of hydrogen-bond donors (Lipinski definition) is 1. The Bertz CT molecular complexity index is 793. The average Bonchev–Trinajstić information content (AvgIpc) is 3.01. The highest BCUT2D eigenvalue weighted by Gasteiger charge is 2.19. The van der Waals surface area contributed by atoms with Gasteiger partial charge in [-0.15, -0.1) is 11.3 Å². The number of fused-ring (bicyclic) bond motifs is 1. The first-order valence-corrected chi connectivity index (χ1v) is 7.24. The van der Waals surface area contributed by atoms with Gasteiger partial charge in [0.05, 0.1) is 18.4 Å². The molecular formula is C14H16N4OS. The smallest absolute Gasteiger partial charge is 0.271 e. The molecule has 0 aromatic carbocycles. The van der Waals surface area contributed by atoms with E-state index in [1.54, 1.807) is 23.3 Å². The molecular weight excluding hydrogens is 272 g/mol. The van der Waals surface area contributed by atoms with Crippen molar-refractivity contribution in [1.82, 2.24) is 19.5 Å². The highest BCUT2D eigenvalue weighted by atomic mass is 32.1. The van der Waals surface area contributed by atoms with Crippen LogP contribution in [0.5, 0.6) is 0 Å². The molecule has 104 valence electrons. The zero-order valence-corrected chi connectivity index (χ0v) is 12.5. The van der Waals surface area contributed by atoms with Crippen LogP contribution in [0.3, 0.4) is 0 Å². The summed E-state index contributed by atoms with van der Waals surface area (Å²) in [5, 5.41) is 0. The van der Waals surface area contributed by atoms with E-state index < -0.39 is 0 Å². The van der Waals surface area contributed by atoms with Gasteiger partial charge in [0.1, 0.15) is 10.5 Å². The fourth-order valence-corrected chi connectivity index (χ4v) is 3.09. The van der Waals surface area contributed by atoms with Crippen molar-refractivity contribution in [3.8, 4) is 0 Å². The van der Waals surface area contributed by atoms with Gasteiger partial charge in [0.2, 0.25) is 0 Å². The molecule has 0 atom stereocenters. The van der Waals surface area contributed by atoms with Crippen molar-refractivity contribution in [3.63, 3.8) is 0 Å². The molecule has 0 saturated carbocycles. The van der Waals surface area contributed by atoms with Crippen molar-refractivity contribution in [3.05, 3.63) is 45.8 Å². The summed E-state index contributed by atoms with van der Waals surface area (Å²) < 4.78 is 2.30. The van der Waals surface area contributed by atoms with Crippen LogP contribution in [-0.4, -0.2) is 19.5 Å². The van der Waals surface area contributed by atoms with Crippen LogP contribution in [0.4, 0.5) is 0 Å². The Morgan fingerprint density at radius 3 is 2.80 bits per heavy atom. The molecule has 0 amide bonds. The maximum Gasteiger partial charge on any atom is 0.271 e. The number of aromatic nitrogens is 4. The summed E-state index contributed by atoms with van der Waals surface area (Å²) in [6, 6.07) is 2.01. The summed E-state index contributed by atoms with van der Waals surface area (Å²) in [6.07, 6.45) is 5.01. The molecule has 3 aromatic heterocycles. The van der Waals surface area contributed by atoms with E-state index in [1.165, 1.54) is 16.2 Å². The first-order chi connectivity index (χ1) is 9.45. The first kappa shape index (κ1) is 13.1. The molecule has 0 fully saturated rings. The third-order valence-electron chi connectivity index (χ3n) is 3.12. The molecule has 0 aliphatic carbocycles.